The number of hydrogen-bond acceptors (Lipinski definition) is 3. The van der Waals surface area contributed by atoms with Crippen LogP contribution in [0.25, 0.3) is 0 Å². The van der Waals surface area contributed by atoms with Gasteiger partial charge in [-0.2, -0.15) is 5.26 Å². The summed E-state index contributed by atoms with van der Waals surface area (Å²) >= 11 is 9.32. The second-order valence-corrected chi connectivity index (χ2v) is 5.37. The molecule has 0 bridgehead atoms. The van der Waals surface area contributed by atoms with Gasteiger partial charge in [-0.1, -0.05) is 27.5 Å². The zero-order chi connectivity index (χ0) is 15.2. The molecule has 0 aliphatic carbocycles. The first-order chi connectivity index (χ1) is 10.1. The lowest BCUT2D eigenvalue weighted by Crippen LogP contribution is -2.12. The van der Waals surface area contributed by atoms with E-state index in [-0.39, 0.29) is 12.5 Å². The van der Waals surface area contributed by atoms with Crippen molar-refractivity contribution < 1.29 is 9.53 Å². The van der Waals surface area contributed by atoms with Crippen molar-refractivity contribution >= 4 is 39.1 Å². The second kappa shape index (κ2) is 7.11. The van der Waals surface area contributed by atoms with Gasteiger partial charge in [0.05, 0.1) is 10.6 Å². The summed E-state index contributed by atoms with van der Waals surface area (Å²) in [4.78, 5) is 12.1. The molecule has 106 valence electrons. The van der Waals surface area contributed by atoms with Gasteiger partial charge < -0.3 is 10.1 Å². The third-order valence-electron chi connectivity index (χ3n) is 2.59. The predicted octanol–water partition coefficient (Wildman–Crippen LogP) is 4.26. The van der Waals surface area contributed by atoms with Crippen molar-refractivity contribution in [3.8, 4) is 11.8 Å². The van der Waals surface area contributed by atoms with Crippen LogP contribution in [-0.2, 0) is 0 Å². The molecule has 0 saturated carbocycles. The van der Waals surface area contributed by atoms with Crippen LogP contribution in [0.3, 0.4) is 0 Å². The highest BCUT2D eigenvalue weighted by Crippen LogP contribution is 2.23. The monoisotopic (exact) mass is 364 g/mol. The molecule has 0 atom stereocenters. The maximum absolute atomic E-state index is 12.1. The van der Waals surface area contributed by atoms with E-state index in [4.69, 9.17) is 21.6 Å². The first-order valence-electron chi connectivity index (χ1n) is 5.96. The minimum atomic E-state index is -0.293. The molecular formula is C15H10BrClN2O2. The summed E-state index contributed by atoms with van der Waals surface area (Å²) in [5, 5.41) is 11.5. The average molecular weight is 366 g/mol. The Bertz CT molecular complexity index is 696. The fourth-order valence-electron chi connectivity index (χ4n) is 1.62. The van der Waals surface area contributed by atoms with E-state index in [9.17, 15) is 4.79 Å². The van der Waals surface area contributed by atoms with Crippen molar-refractivity contribution in [2.45, 2.75) is 0 Å². The van der Waals surface area contributed by atoms with Crippen LogP contribution in [-0.4, -0.2) is 12.5 Å². The van der Waals surface area contributed by atoms with Crippen LogP contribution in [0.2, 0.25) is 5.02 Å². The highest BCUT2D eigenvalue weighted by molar-refractivity contribution is 9.10. The van der Waals surface area contributed by atoms with Crippen molar-refractivity contribution in [3.63, 3.8) is 0 Å². The van der Waals surface area contributed by atoms with Gasteiger partial charge in [0.25, 0.3) is 5.91 Å². The first-order valence-corrected chi connectivity index (χ1v) is 7.13. The molecule has 6 heteroatoms. The number of carbonyl (C=O) groups excluding carboxylic acids is 1. The zero-order valence-electron chi connectivity index (χ0n) is 10.8. The number of benzene rings is 2. The smallest absolute Gasteiger partial charge is 0.257 e. The third-order valence-corrected chi connectivity index (χ3v) is 3.40. The van der Waals surface area contributed by atoms with Gasteiger partial charge in [-0.3, -0.25) is 4.79 Å². The topological polar surface area (TPSA) is 62.1 Å². The standard InChI is InChI=1S/C15H10BrClN2O2/c16-10-1-6-13(14(17)9-10)15(20)19-11-2-4-12(5-3-11)21-8-7-18/h1-6,9H,8H2,(H,19,20). The minimum absolute atomic E-state index is 0.0137. The number of ether oxygens (including phenoxy) is 1. The molecule has 0 aliphatic rings. The molecule has 2 aromatic rings. The molecule has 2 rings (SSSR count). The number of nitrogens with one attached hydrogen (secondary N) is 1. The molecule has 0 heterocycles. The van der Waals surface area contributed by atoms with Crippen LogP contribution in [0, 0.1) is 11.3 Å². The number of carbonyl (C=O) groups is 1. The summed E-state index contributed by atoms with van der Waals surface area (Å²) in [6.45, 7) is -0.0137. The largest absolute Gasteiger partial charge is 0.479 e. The van der Waals surface area contributed by atoms with Crippen molar-refractivity contribution in [1.82, 2.24) is 0 Å². The van der Waals surface area contributed by atoms with Gasteiger partial charge in [0.15, 0.2) is 6.61 Å². The Balaban J connectivity index is 2.07. The molecule has 4 nitrogen and oxygen atoms in total. The summed E-state index contributed by atoms with van der Waals surface area (Å²) in [5.74, 6) is 0.273. The van der Waals surface area contributed by atoms with Gasteiger partial charge in [-0.15, -0.1) is 0 Å². The second-order valence-electron chi connectivity index (χ2n) is 4.05. The number of amides is 1. The van der Waals surface area contributed by atoms with Crippen LogP contribution < -0.4 is 10.1 Å². The number of nitriles is 1. The lowest BCUT2D eigenvalue weighted by molar-refractivity contribution is 0.102. The van der Waals surface area contributed by atoms with E-state index >= 15 is 0 Å². The highest BCUT2D eigenvalue weighted by Gasteiger charge is 2.10. The number of halogens is 2. The summed E-state index contributed by atoms with van der Waals surface area (Å²) in [6.07, 6.45) is 0. The molecule has 0 aliphatic heterocycles. The van der Waals surface area contributed by atoms with Gasteiger partial charge >= 0.3 is 0 Å². The van der Waals surface area contributed by atoms with Gasteiger partial charge in [0, 0.05) is 10.2 Å². The predicted molar refractivity (Wildman–Crippen MR) is 84.7 cm³/mol. The van der Waals surface area contributed by atoms with Crippen molar-refractivity contribution in [1.29, 1.82) is 5.26 Å². The number of anilines is 1. The number of nitrogens with zero attached hydrogens (tertiary/aromatic N) is 1. The van der Waals surface area contributed by atoms with Crippen LogP contribution in [0.1, 0.15) is 10.4 Å². The molecule has 1 amide bonds. The van der Waals surface area contributed by atoms with Crippen LogP contribution in [0.4, 0.5) is 5.69 Å². The number of rotatable bonds is 4. The van der Waals surface area contributed by atoms with E-state index in [0.717, 1.165) is 4.47 Å². The Labute approximate surface area is 135 Å². The fraction of sp³-hybridized carbons (Fsp3) is 0.0667. The van der Waals surface area contributed by atoms with E-state index in [0.29, 0.717) is 22.0 Å². The summed E-state index contributed by atoms with van der Waals surface area (Å²) in [7, 11) is 0. The van der Waals surface area contributed by atoms with E-state index in [2.05, 4.69) is 21.2 Å². The van der Waals surface area contributed by atoms with Crippen LogP contribution >= 0.6 is 27.5 Å². The van der Waals surface area contributed by atoms with E-state index in [1.54, 1.807) is 42.5 Å². The molecule has 2 aromatic carbocycles. The molecule has 0 aromatic heterocycles. The van der Waals surface area contributed by atoms with Gasteiger partial charge in [0.2, 0.25) is 0 Å². The van der Waals surface area contributed by atoms with E-state index in [1.165, 1.54) is 0 Å². The summed E-state index contributed by atoms with van der Waals surface area (Å²) in [5.41, 5.74) is 1.01. The molecule has 0 radical (unpaired) electrons. The molecule has 0 fully saturated rings. The van der Waals surface area contributed by atoms with E-state index < -0.39 is 0 Å². The maximum atomic E-state index is 12.1. The van der Waals surface area contributed by atoms with Crippen molar-refractivity contribution in [3.05, 3.63) is 57.5 Å². The number of hydrogen-bond donors (Lipinski definition) is 1. The Hall–Kier alpha value is -2.03. The molecule has 1 N–H and O–H groups in total. The Morgan fingerprint density at radius 1 is 1.29 bits per heavy atom. The highest BCUT2D eigenvalue weighted by atomic mass is 79.9. The first kappa shape index (κ1) is 15.4. The van der Waals surface area contributed by atoms with E-state index in [1.807, 2.05) is 6.07 Å². The molecule has 0 unspecified atom stereocenters. The Kier molecular flexibility index (Phi) is 5.20. The summed E-state index contributed by atoms with van der Waals surface area (Å²) < 4.78 is 5.94. The lowest BCUT2D eigenvalue weighted by Gasteiger charge is -2.08. The summed E-state index contributed by atoms with van der Waals surface area (Å²) in [6, 6.07) is 13.7. The van der Waals surface area contributed by atoms with Gasteiger partial charge in [-0.05, 0) is 42.5 Å². The Morgan fingerprint density at radius 2 is 2.00 bits per heavy atom. The maximum Gasteiger partial charge on any atom is 0.257 e. The minimum Gasteiger partial charge on any atom is -0.479 e. The Morgan fingerprint density at radius 3 is 2.62 bits per heavy atom. The quantitative estimate of drug-likeness (QED) is 0.880. The molecule has 21 heavy (non-hydrogen) atoms. The van der Waals surface area contributed by atoms with Gasteiger partial charge in [0.1, 0.15) is 11.8 Å². The SMILES string of the molecule is N#CCOc1ccc(NC(=O)c2ccc(Br)cc2Cl)cc1. The fourth-order valence-corrected chi connectivity index (χ4v) is 2.38. The third kappa shape index (κ3) is 4.22. The van der Waals surface area contributed by atoms with Gasteiger partial charge in [-0.25, -0.2) is 0 Å². The molecule has 0 saturated heterocycles. The van der Waals surface area contributed by atoms with Crippen molar-refractivity contribution in [2.75, 3.05) is 11.9 Å². The zero-order valence-corrected chi connectivity index (χ0v) is 13.1. The van der Waals surface area contributed by atoms with Crippen LogP contribution in [0.5, 0.6) is 5.75 Å². The molecular weight excluding hydrogens is 356 g/mol. The average Bonchev–Trinajstić information content (AvgIpc) is 2.46. The lowest BCUT2D eigenvalue weighted by atomic mass is 10.2. The van der Waals surface area contributed by atoms with Crippen LogP contribution in [0.15, 0.2) is 46.9 Å². The normalized spacial score (nSPS) is 9.76. The van der Waals surface area contributed by atoms with Crippen molar-refractivity contribution in [2.24, 2.45) is 0 Å². The molecule has 0 spiro atoms.